The summed E-state index contributed by atoms with van der Waals surface area (Å²) in [5, 5.41) is 0. The molecule has 0 radical (unpaired) electrons. The Hall–Kier alpha value is -6.12. The Morgan fingerprint density at radius 2 is 0.596 bits per heavy atom. The Labute approximate surface area is 278 Å². The minimum Gasteiger partial charge on any atom is -0.311 e. The van der Waals surface area contributed by atoms with Crippen molar-refractivity contribution in [3.8, 4) is 11.1 Å². The third kappa shape index (κ3) is 6.93. The van der Waals surface area contributed by atoms with Crippen molar-refractivity contribution in [1.82, 2.24) is 0 Å². The van der Waals surface area contributed by atoms with Crippen LogP contribution in [0.1, 0.15) is 16.7 Å². The SMILES string of the molecule is Cc1ccc(N(c2ccccc2)c2ccc(-c3ccc(N(c4ccccc4)c4ccc(C=Cc5ccccc5)cc4)cc3)cc2)cc1. The topological polar surface area (TPSA) is 6.48 Å². The molecule has 0 atom stereocenters. The predicted octanol–water partition coefficient (Wildman–Crippen LogP) is 12.8. The highest BCUT2D eigenvalue weighted by Crippen LogP contribution is 2.38. The third-order valence-corrected chi connectivity index (χ3v) is 8.32. The van der Waals surface area contributed by atoms with Crippen molar-refractivity contribution in [1.29, 1.82) is 0 Å². The molecule has 2 nitrogen and oxygen atoms in total. The fraction of sp³-hybridized carbons (Fsp3) is 0.0222. The lowest BCUT2D eigenvalue weighted by atomic mass is 10.0. The van der Waals surface area contributed by atoms with Crippen LogP contribution < -0.4 is 9.80 Å². The average Bonchev–Trinajstić information content (AvgIpc) is 3.14. The Morgan fingerprint density at radius 3 is 1.00 bits per heavy atom. The number of hydrogen-bond donors (Lipinski definition) is 0. The van der Waals surface area contributed by atoms with E-state index in [1.807, 2.05) is 6.07 Å². The van der Waals surface area contributed by atoms with Gasteiger partial charge in [0.15, 0.2) is 0 Å². The molecule has 0 heterocycles. The summed E-state index contributed by atoms with van der Waals surface area (Å²) in [5.41, 5.74) is 12.7. The largest absolute Gasteiger partial charge is 0.311 e. The molecule has 0 aliphatic carbocycles. The van der Waals surface area contributed by atoms with Gasteiger partial charge in [-0.3, -0.25) is 0 Å². The molecule has 0 aromatic heterocycles. The molecule has 0 amide bonds. The van der Waals surface area contributed by atoms with Crippen LogP contribution in [0.15, 0.2) is 188 Å². The maximum absolute atomic E-state index is 2.30. The van der Waals surface area contributed by atoms with Gasteiger partial charge >= 0.3 is 0 Å². The Balaban J connectivity index is 1.15. The van der Waals surface area contributed by atoms with Crippen molar-refractivity contribution < 1.29 is 0 Å². The van der Waals surface area contributed by atoms with E-state index in [1.54, 1.807) is 0 Å². The lowest BCUT2D eigenvalue weighted by Gasteiger charge is -2.26. The predicted molar refractivity (Wildman–Crippen MR) is 201 cm³/mol. The van der Waals surface area contributed by atoms with Crippen LogP contribution in [0, 0.1) is 6.92 Å². The van der Waals surface area contributed by atoms with Crippen molar-refractivity contribution >= 4 is 46.3 Å². The van der Waals surface area contributed by atoms with Crippen molar-refractivity contribution in [3.63, 3.8) is 0 Å². The Bertz CT molecular complexity index is 2030. The van der Waals surface area contributed by atoms with Crippen molar-refractivity contribution in [3.05, 3.63) is 205 Å². The maximum atomic E-state index is 2.30. The second kappa shape index (κ2) is 13.9. The number of hydrogen-bond acceptors (Lipinski definition) is 2. The van der Waals surface area contributed by atoms with E-state index in [-0.39, 0.29) is 0 Å². The number of benzene rings is 7. The van der Waals surface area contributed by atoms with Gasteiger partial charge in [0.25, 0.3) is 0 Å². The van der Waals surface area contributed by atoms with E-state index < -0.39 is 0 Å². The van der Waals surface area contributed by atoms with E-state index in [4.69, 9.17) is 0 Å². The van der Waals surface area contributed by atoms with Gasteiger partial charge in [-0.05, 0) is 102 Å². The number of anilines is 6. The Kier molecular flexibility index (Phi) is 8.74. The standard InChI is InChI=1S/C45H36N2/c1-35-17-27-42(28-18-35)46(40-13-7-3-8-14-40)44-31-23-38(24-32-44)39-25-33-45(34-26-39)47(41-15-9-4-10-16-41)43-29-21-37(22-30-43)20-19-36-11-5-2-6-12-36/h2-34H,1H3. The summed E-state index contributed by atoms with van der Waals surface area (Å²) >= 11 is 0. The smallest absolute Gasteiger partial charge is 0.0462 e. The molecule has 7 aromatic rings. The minimum atomic E-state index is 1.11. The zero-order chi connectivity index (χ0) is 31.8. The number of nitrogens with zero attached hydrogens (tertiary/aromatic N) is 2. The van der Waals surface area contributed by atoms with Gasteiger partial charge in [-0.2, -0.15) is 0 Å². The van der Waals surface area contributed by atoms with Crippen molar-refractivity contribution in [2.75, 3.05) is 9.80 Å². The van der Waals surface area contributed by atoms with Crippen molar-refractivity contribution in [2.45, 2.75) is 6.92 Å². The first-order chi connectivity index (χ1) is 23.2. The summed E-state index contributed by atoms with van der Waals surface area (Å²) in [6.07, 6.45) is 4.31. The average molecular weight is 605 g/mol. The lowest BCUT2D eigenvalue weighted by Crippen LogP contribution is -2.10. The first-order valence-electron chi connectivity index (χ1n) is 16.0. The summed E-state index contributed by atoms with van der Waals surface area (Å²) in [4.78, 5) is 4.60. The number of rotatable bonds is 9. The molecule has 226 valence electrons. The number of para-hydroxylation sites is 2. The monoisotopic (exact) mass is 604 g/mol. The zero-order valence-corrected chi connectivity index (χ0v) is 26.4. The molecule has 0 aliphatic heterocycles. The van der Waals surface area contributed by atoms with E-state index in [0.717, 1.165) is 39.7 Å². The first kappa shape index (κ1) is 29.6. The van der Waals surface area contributed by atoms with Gasteiger partial charge in [-0.1, -0.05) is 133 Å². The molecule has 7 aromatic carbocycles. The van der Waals surface area contributed by atoms with Gasteiger partial charge in [0.1, 0.15) is 0 Å². The second-order valence-electron chi connectivity index (χ2n) is 11.6. The van der Waals surface area contributed by atoms with E-state index >= 15 is 0 Å². The lowest BCUT2D eigenvalue weighted by molar-refractivity contribution is 1.27. The van der Waals surface area contributed by atoms with Crippen LogP contribution >= 0.6 is 0 Å². The molecule has 47 heavy (non-hydrogen) atoms. The molecule has 0 bridgehead atoms. The van der Waals surface area contributed by atoms with Crippen molar-refractivity contribution in [2.24, 2.45) is 0 Å². The van der Waals surface area contributed by atoms with Gasteiger partial charge < -0.3 is 9.80 Å². The third-order valence-electron chi connectivity index (χ3n) is 8.32. The molecule has 0 spiro atoms. The van der Waals surface area contributed by atoms with Crippen LogP contribution in [0.25, 0.3) is 23.3 Å². The highest BCUT2D eigenvalue weighted by molar-refractivity contribution is 5.81. The van der Waals surface area contributed by atoms with Crippen LogP contribution in [-0.2, 0) is 0 Å². The molecule has 7 rings (SSSR count). The van der Waals surface area contributed by atoms with Gasteiger partial charge in [-0.25, -0.2) is 0 Å². The van der Waals surface area contributed by atoms with Crippen LogP contribution in [0.5, 0.6) is 0 Å². The summed E-state index contributed by atoms with van der Waals surface area (Å²) in [6, 6.07) is 66.6. The molecule has 0 aliphatic rings. The van der Waals surface area contributed by atoms with Gasteiger partial charge in [0.05, 0.1) is 0 Å². The Morgan fingerprint density at radius 1 is 0.298 bits per heavy atom. The number of aryl methyl sites for hydroxylation is 1. The van der Waals surface area contributed by atoms with Crippen LogP contribution in [0.4, 0.5) is 34.1 Å². The zero-order valence-electron chi connectivity index (χ0n) is 26.4. The highest BCUT2D eigenvalue weighted by Gasteiger charge is 2.14. The molecule has 0 saturated heterocycles. The summed E-state index contributed by atoms with van der Waals surface area (Å²) in [6.45, 7) is 2.12. The maximum Gasteiger partial charge on any atom is 0.0462 e. The normalized spacial score (nSPS) is 11.0. The molecule has 0 unspecified atom stereocenters. The molecule has 0 fully saturated rings. The second-order valence-corrected chi connectivity index (χ2v) is 11.6. The molecule has 0 saturated carbocycles. The summed E-state index contributed by atoms with van der Waals surface area (Å²) < 4.78 is 0. The van der Waals surface area contributed by atoms with E-state index in [1.165, 1.54) is 22.3 Å². The molecule has 2 heteroatoms. The van der Waals surface area contributed by atoms with Gasteiger partial charge in [0, 0.05) is 34.1 Å². The van der Waals surface area contributed by atoms with Crippen LogP contribution in [-0.4, -0.2) is 0 Å². The van der Waals surface area contributed by atoms with Gasteiger partial charge in [0.2, 0.25) is 0 Å². The first-order valence-corrected chi connectivity index (χ1v) is 16.0. The van der Waals surface area contributed by atoms with E-state index in [2.05, 4.69) is 211 Å². The van der Waals surface area contributed by atoms with Gasteiger partial charge in [-0.15, -0.1) is 0 Å². The fourth-order valence-corrected chi connectivity index (χ4v) is 5.84. The quantitative estimate of drug-likeness (QED) is 0.151. The molecule has 0 N–H and O–H groups in total. The summed E-state index contributed by atoms with van der Waals surface area (Å²) in [7, 11) is 0. The highest BCUT2D eigenvalue weighted by atomic mass is 15.1. The van der Waals surface area contributed by atoms with E-state index in [9.17, 15) is 0 Å². The minimum absolute atomic E-state index is 1.11. The fourth-order valence-electron chi connectivity index (χ4n) is 5.84. The van der Waals surface area contributed by atoms with E-state index in [0.29, 0.717) is 0 Å². The van der Waals surface area contributed by atoms with Crippen LogP contribution in [0.2, 0.25) is 0 Å². The molecular weight excluding hydrogens is 569 g/mol. The van der Waals surface area contributed by atoms with Crippen LogP contribution in [0.3, 0.4) is 0 Å². The summed E-state index contributed by atoms with van der Waals surface area (Å²) in [5.74, 6) is 0. The molecular formula is C45H36N2.